The summed E-state index contributed by atoms with van der Waals surface area (Å²) in [5, 5.41) is 0. The van der Waals surface area contributed by atoms with Crippen molar-refractivity contribution in [1.29, 1.82) is 0 Å². The highest BCUT2D eigenvalue weighted by Crippen LogP contribution is 2.28. The average Bonchev–Trinajstić information content (AvgIpc) is 2.33. The van der Waals surface area contributed by atoms with Crippen LogP contribution in [0.5, 0.6) is 11.5 Å². The lowest BCUT2D eigenvalue weighted by Crippen LogP contribution is -2.39. The molecule has 0 radical (unpaired) electrons. The number of rotatable bonds is 7. The number of benzene rings is 1. The van der Waals surface area contributed by atoms with E-state index in [9.17, 15) is 0 Å². The van der Waals surface area contributed by atoms with Crippen molar-refractivity contribution >= 4 is 5.69 Å². The monoisotopic (exact) mass is 266 g/mol. The summed E-state index contributed by atoms with van der Waals surface area (Å²) in [6.45, 7) is 10.3. The van der Waals surface area contributed by atoms with Crippen molar-refractivity contribution in [2.45, 2.75) is 39.8 Å². The van der Waals surface area contributed by atoms with Crippen LogP contribution in [0.4, 0.5) is 5.69 Å². The Labute approximate surface area is 116 Å². The van der Waals surface area contributed by atoms with Gasteiger partial charge in [0.15, 0.2) is 11.5 Å². The lowest BCUT2D eigenvalue weighted by atomic mass is 10.2. The highest BCUT2D eigenvalue weighted by molar-refractivity contribution is 5.51. The van der Waals surface area contributed by atoms with Crippen molar-refractivity contribution in [3.05, 3.63) is 18.2 Å². The Kier molecular flexibility index (Phi) is 5.96. The fraction of sp³-hybridized carbons (Fsp3) is 0.600. The smallest absolute Gasteiger partial charge is 0.163 e. The molecule has 0 bridgehead atoms. The molecule has 1 aromatic carbocycles. The van der Waals surface area contributed by atoms with Gasteiger partial charge in [0.25, 0.3) is 0 Å². The van der Waals surface area contributed by atoms with Crippen LogP contribution in [0.1, 0.15) is 27.7 Å². The highest BCUT2D eigenvalue weighted by atomic mass is 16.5. The number of nitrogen functional groups attached to an aromatic ring is 1. The predicted octanol–water partition coefficient (Wildman–Crippen LogP) is 2.78. The fourth-order valence-corrected chi connectivity index (χ4v) is 2.18. The van der Waals surface area contributed by atoms with E-state index in [4.69, 9.17) is 15.2 Å². The zero-order valence-electron chi connectivity index (χ0n) is 12.6. The zero-order valence-corrected chi connectivity index (χ0v) is 12.6. The molecule has 0 spiro atoms. The minimum absolute atomic E-state index is 0.506. The number of nitrogens with zero attached hydrogens (tertiary/aromatic N) is 1. The van der Waals surface area contributed by atoms with Gasteiger partial charge in [-0.3, -0.25) is 4.90 Å². The molecular formula is C15H26N2O2. The quantitative estimate of drug-likeness (QED) is 0.771. The van der Waals surface area contributed by atoms with Gasteiger partial charge >= 0.3 is 0 Å². The molecule has 0 aliphatic carbocycles. The second-order valence-electron chi connectivity index (χ2n) is 5.18. The molecular weight excluding hydrogens is 240 g/mol. The van der Waals surface area contributed by atoms with Gasteiger partial charge in [0, 0.05) is 30.4 Å². The molecule has 4 nitrogen and oxygen atoms in total. The molecule has 0 aliphatic heterocycles. The van der Waals surface area contributed by atoms with Gasteiger partial charge in [-0.1, -0.05) is 0 Å². The van der Waals surface area contributed by atoms with E-state index >= 15 is 0 Å². The highest BCUT2D eigenvalue weighted by Gasteiger charge is 2.13. The molecule has 0 saturated carbocycles. The lowest BCUT2D eigenvalue weighted by molar-refractivity contribution is 0.140. The zero-order chi connectivity index (χ0) is 14.4. The Morgan fingerprint density at radius 2 is 1.74 bits per heavy atom. The van der Waals surface area contributed by atoms with Gasteiger partial charge in [0.1, 0.15) is 6.61 Å². The Morgan fingerprint density at radius 3 is 2.26 bits per heavy atom. The summed E-state index contributed by atoms with van der Waals surface area (Å²) in [6.07, 6.45) is 0. The third-order valence-corrected chi connectivity index (χ3v) is 3.12. The second kappa shape index (κ2) is 7.24. The number of hydrogen-bond acceptors (Lipinski definition) is 4. The van der Waals surface area contributed by atoms with Crippen LogP contribution < -0.4 is 15.2 Å². The SMILES string of the molecule is COc1ccc(N)cc1OCCN(C(C)C)C(C)C. The van der Waals surface area contributed by atoms with Crippen molar-refractivity contribution in [3.8, 4) is 11.5 Å². The normalized spacial score (nSPS) is 11.4. The maximum Gasteiger partial charge on any atom is 0.163 e. The van der Waals surface area contributed by atoms with Crippen LogP contribution in [0.15, 0.2) is 18.2 Å². The van der Waals surface area contributed by atoms with Crippen molar-refractivity contribution in [3.63, 3.8) is 0 Å². The minimum Gasteiger partial charge on any atom is -0.493 e. The van der Waals surface area contributed by atoms with E-state index in [2.05, 4.69) is 32.6 Å². The number of nitrogens with two attached hydrogens (primary N) is 1. The van der Waals surface area contributed by atoms with E-state index in [0.29, 0.717) is 30.1 Å². The molecule has 0 heterocycles. The Balaban J connectivity index is 2.59. The molecule has 0 aliphatic rings. The van der Waals surface area contributed by atoms with Gasteiger partial charge in [-0.15, -0.1) is 0 Å². The van der Waals surface area contributed by atoms with Gasteiger partial charge in [-0.25, -0.2) is 0 Å². The van der Waals surface area contributed by atoms with Gasteiger partial charge in [-0.2, -0.15) is 0 Å². The summed E-state index contributed by atoms with van der Waals surface area (Å²) >= 11 is 0. The van der Waals surface area contributed by atoms with Crippen LogP contribution in [0.2, 0.25) is 0 Å². The number of anilines is 1. The summed E-state index contributed by atoms with van der Waals surface area (Å²) in [5.74, 6) is 1.42. The molecule has 0 amide bonds. The average molecular weight is 266 g/mol. The van der Waals surface area contributed by atoms with Crippen LogP contribution in [0.3, 0.4) is 0 Å². The van der Waals surface area contributed by atoms with E-state index < -0.39 is 0 Å². The number of hydrogen-bond donors (Lipinski definition) is 1. The van der Waals surface area contributed by atoms with Crippen LogP contribution in [-0.4, -0.2) is 37.2 Å². The van der Waals surface area contributed by atoms with Crippen LogP contribution in [-0.2, 0) is 0 Å². The van der Waals surface area contributed by atoms with Crippen LogP contribution >= 0.6 is 0 Å². The first-order valence-electron chi connectivity index (χ1n) is 6.77. The Bertz CT molecular complexity index is 384. The summed E-state index contributed by atoms with van der Waals surface area (Å²) < 4.78 is 11.1. The maximum atomic E-state index is 5.79. The van der Waals surface area contributed by atoms with Crippen LogP contribution in [0.25, 0.3) is 0 Å². The summed E-state index contributed by atoms with van der Waals surface area (Å²) in [5.41, 5.74) is 6.45. The molecule has 0 fully saturated rings. The Hall–Kier alpha value is -1.42. The minimum atomic E-state index is 0.506. The maximum absolute atomic E-state index is 5.79. The third kappa shape index (κ3) is 4.63. The predicted molar refractivity (Wildman–Crippen MR) is 79.9 cm³/mol. The molecule has 0 atom stereocenters. The van der Waals surface area contributed by atoms with E-state index in [1.807, 2.05) is 6.07 Å². The van der Waals surface area contributed by atoms with E-state index in [0.717, 1.165) is 12.3 Å². The standard InChI is InChI=1S/C15H26N2O2/c1-11(2)17(12(3)4)8-9-19-15-10-13(16)6-7-14(15)18-5/h6-7,10-12H,8-9,16H2,1-5H3. The van der Waals surface area contributed by atoms with Gasteiger partial charge in [0.05, 0.1) is 7.11 Å². The van der Waals surface area contributed by atoms with Crippen molar-refractivity contribution in [1.82, 2.24) is 4.90 Å². The van der Waals surface area contributed by atoms with Crippen molar-refractivity contribution < 1.29 is 9.47 Å². The first-order chi connectivity index (χ1) is 8.95. The molecule has 19 heavy (non-hydrogen) atoms. The van der Waals surface area contributed by atoms with Gasteiger partial charge < -0.3 is 15.2 Å². The molecule has 4 heteroatoms. The summed E-state index contributed by atoms with van der Waals surface area (Å²) in [4.78, 5) is 2.39. The third-order valence-electron chi connectivity index (χ3n) is 3.12. The lowest BCUT2D eigenvalue weighted by Gasteiger charge is -2.30. The van der Waals surface area contributed by atoms with Crippen molar-refractivity contribution in [2.24, 2.45) is 0 Å². The van der Waals surface area contributed by atoms with Crippen molar-refractivity contribution in [2.75, 3.05) is 26.0 Å². The first-order valence-corrected chi connectivity index (χ1v) is 6.77. The number of ether oxygens (including phenoxy) is 2. The Morgan fingerprint density at radius 1 is 1.11 bits per heavy atom. The van der Waals surface area contributed by atoms with Gasteiger partial charge in [-0.05, 0) is 39.8 Å². The van der Waals surface area contributed by atoms with E-state index in [1.54, 1.807) is 19.2 Å². The molecule has 0 aromatic heterocycles. The molecule has 2 N–H and O–H groups in total. The summed E-state index contributed by atoms with van der Waals surface area (Å²) in [7, 11) is 1.63. The number of methoxy groups -OCH3 is 1. The molecule has 1 rings (SSSR count). The molecule has 0 unspecified atom stereocenters. The topological polar surface area (TPSA) is 47.7 Å². The molecule has 0 saturated heterocycles. The van der Waals surface area contributed by atoms with Crippen LogP contribution in [0, 0.1) is 0 Å². The summed E-state index contributed by atoms with van der Waals surface area (Å²) in [6, 6.07) is 6.44. The van der Waals surface area contributed by atoms with Gasteiger partial charge in [0.2, 0.25) is 0 Å². The fourth-order valence-electron chi connectivity index (χ4n) is 2.18. The first kappa shape index (κ1) is 15.6. The molecule has 1 aromatic rings. The largest absolute Gasteiger partial charge is 0.493 e. The second-order valence-corrected chi connectivity index (χ2v) is 5.18. The van der Waals surface area contributed by atoms with E-state index in [1.165, 1.54) is 0 Å². The molecule has 108 valence electrons. The van der Waals surface area contributed by atoms with E-state index in [-0.39, 0.29) is 0 Å².